The molecule has 2 aromatic carbocycles. The van der Waals surface area contributed by atoms with E-state index in [2.05, 4.69) is 20.5 Å². The van der Waals surface area contributed by atoms with Gasteiger partial charge in [0, 0.05) is 11.2 Å². The lowest BCUT2D eigenvalue weighted by atomic mass is 10.2. The molecule has 2 N–H and O–H groups in total. The van der Waals surface area contributed by atoms with Gasteiger partial charge in [-0.05, 0) is 29.7 Å². The molecule has 0 aliphatic heterocycles. The van der Waals surface area contributed by atoms with E-state index in [-0.39, 0.29) is 11.6 Å². The molecule has 4 aromatic rings. The number of rotatable bonds is 4. The number of fused-ring (bicyclic) bond motifs is 1. The largest absolute Gasteiger partial charge is 0.357 e. The van der Waals surface area contributed by atoms with Crippen LogP contribution >= 0.6 is 0 Å². The highest BCUT2D eigenvalue weighted by atomic mass is 16.2. The molecule has 0 unspecified atom stereocenters. The second kappa shape index (κ2) is 6.00. The molecule has 6 heteroatoms. The molecule has 1 amide bonds. The highest BCUT2D eigenvalue weighted by Crippen LogP contribution is 2.14. The highest BCUT2D eigenvalue weighted by Gasteiger charge is 2.11. The van der Waals surface area contributed by atoms with Crippen molar-refractivity contribution in [3.8, 4) is 5.69 Å². The van der Waals surface area contributed by atoms with E-state index >= 15 is 0 Å². The monoisotopic (exact) mass is 317 g/mol. The van der Waals surface area contributed by atoms with Crippen LogP contribution in [0.3, 0.4) is 0 Å². The summed E-state index contributed by atoms with van der Waals surface area (Å²) in [7, 11) is 0. The summed E-state index contributed by atoms with van der Waals surface area (Å²) >= 11 is 0. The van der Waals surface area contributed by atoms with Crippen molar-refractivity contribution in [1.29, 1.82) is 0 Å². The minimum atomic E-state index is -0.254. The minimum absolute atomic E-state index is 0.254. The predicted octanol–water partition coefficient (Wildman–Crippen LogP) is 2.68. The third-order valence-corrected chi connectivity index (χ3v) is 3.74. The molecule has 2 aromatic heterocycles. The fourth-order valence-electron chi connectivity index (χ4n) is 2.55. The van der Waals surface area contributed by atoms with Crippen LogP contribution in [-0.2, 0) is 6.54 Å². The van der Waals surface area contributed by atoms with Gasteiger partial charge in [-0.3, -0.25) is 4.79 Å². The molecule has 6 nitrogen and oxygen atoms in total. The maximum absolute atomic E-state index is 12.2. The quantitative estimate of drug-likeness (QED) is 0.607. The molecule has 0 aliphatic carbocycles. The lowest BCUT2D eigenvalue weighted by Crippen LogP contribution is -2.23. The first-order chi connectivity index (χ1) is 11.8. The van der Waals surface area contributed by atoms with Crippen LogP contribution in [-0.4, -0.2) is 25.9 Å². The molecule has 24 heavy (non-hydrogen) atoms. The normalized spacial score (nSPS) is 10.8. The number of amides is 1. The number of carbonyl (C=O) groups excluding carboxylic acids is 1. The SMILES string of the molecule is O=C(NCc1cc2ccccc2[nH]1)c1cnn(-c2ccccc2)n1. The number of benzene rings is 2. The Hall–Kier alpha value is -3.41. The molecule has 0 saturated carbocycles. The van der Waals surface area contributed by atoms with E-state index in [1.165, 1.54) is 11.0 Å². The van der Waals surface area contributed by atoms with E-state index in [4.69, 9.17) is 0 Å². The average Bonchev–Trinajstić information content (AvgIpc) is 3.27. The molecule has 0 aliphatic rings. The molecule has 0 saturated heterocycles. The lowest BCUT2D eigenvalue weighted by molar-refractivity contribution is 0.0945. The van der Waals surface area contributed by atoms with Crippen LogP contribution in [0.15, 0.2) is 66.9 Å². The van der Waals surface area contributed by atoms with Crippen LogP contribution < -0.4 is 5.32 Å². The fourth-order valence-corrected chi connectivity index (χ4v) is 2.55. The van der Waals surface area contributed by atoms with Gasteiger partial charge in [-0.15, -0.1) is 5.10 Å². The molecule has 0 atom stereocenters. The molecule has 0 spiro atoms. The molecular formula is C18H15N5O. The zero-order valence-corrected chi connectivity index (χ0v) is 12.8. The summed E-state index contributed by atoms with van der Waals surface area (Å²) in [5, 5.41) is 12.3. The van der Waals surface area contributed by atoms with Crippen molar-refractivity contribution in [2.24, 2.45) is 0 Å². The van der Waals surface area contributed by atoms with Crippen molar-refractivity contribution >= 4 is 16.8 Å². The molecule has 0 fully saturated rings. The van der Waals surface area contributed by atoms with Crippen LogP contribution in [0.2, 0.25) is 0 Å². The molecule has 2 heterocycles. The zero-order chi connectivity index (χ0) is 16.4. The van der Waals surface area contributed by atoms with Gasteiger partial charge in [0.05, 0.1) is 18.4 Å². The van der Waals surface area contributed by atoms with Gasteiger partial charge in [-0.25, -0.2) is 0 Å². The first-order valence-electron chi connectivity index (χ1n) is 7.62. The fraction of sp³-hybridized carbons (Fsp3) is 0.0556. The van der Waals surface area contributed by atoms with Crippen molar-refractivity contribution < 1.29 is 4.79 Å². The Bertz CT molecular complexity index is 954. The Morgan fingerprint density at radius 3 is 2.71 bits per heavy atom. The van der Waals surface area contributed by atoms with Crippen molar-refractivity contribution in [3.63, 3.8) is 0 Å². The van der Waals surface area contributed by atoms with E-state index in [0.29, 0.717) is 6.54 Å². The van der Waals surface area contributed by atoms with Gasteiger partial charge in [-0.2, -0.15) is 9.90 Å². The van der Waals surface area contributed by atoms with Gasteiger partial charge in [-0.1, -0.05) is 36.4 Å². The van der Waals surface area contributed by atoms with Gasteiger partial charge in [0.25, 0.3) is 5.91 Å². The van der Waals surface area contributed by atoms with E-state index in [9.17, 15) is 4.79 Å². The summed E-state index contributed by atoms with van der Waals surface area (Å²) < 4.78 is 0. The smallest absolute Gasteiger partial charge is 0.273 e. The second-order valence-corrected chi connectivity index (χ2v) is 5.42. The lowest BCUT2D eigenvalue weighted by Gasteiger charge is -2.01. The van der Waals surface area contributed by atoms with Gasteiger partial charge >= 0.3 is 0 Å². The third kappa shape index (κ3) is 2.77. The summed E-state index contributed by atoms with van der Waals surface area (Å²) in [5.74, 6) is -0.254. The maximum atomic E-state index is 12.2. The molecule has 4 rings (SSSR count). The highest BCUT2D eigenvalue weighted by molar-refractivity contribution is 5.92. The van der Waals surface area contributed by atoms with Gasteiger partial charge in [0.2, 0.25) is 0 Å². The van der Waals surface area contributed by atoms with Crippen LogP contribution in [0.5, 0.6) is 0 Å². The van der Waals surface area contributed by atoms with Crippen molar-refractivity contribution in [1.82, 2.24) is 25.3 Å². The Balaban J connectivity index is 1.45. The first-order valence-corrected chi connectivity index (χ1v) is 7.62. The van der Waals surface area contributed by atoms with Crippen LogP contribution in [0.4, 0.5) is 0 Å². The number of nitrogens with one attached hydrogen (secondary N) is 2. The molecule has 0 radical (unpaired) electrons. The number of aromatic nitrogens is 4. The number of aromatic amines is 1. The predicted molar refractivity (Wildman–Crippen MR) is 90.8 cm³/mol. The summed E-state index contributed by atoms with van der Waals surface area (Å²) in [6, 6.07) is 19.5. The number of nitrogens with zero attached hydrogens (tertiary/aromatic N) is 3. The number of carbonyl (C=O) groups is 1. The van der Waals surface area contributed by atoms with E-state index in [1.807, 2.05) is 60.7 Å². The Morgan fingerprint density at radius 1 is 1.08 bits per heavy atom. The van der Waals surface area contributed by atoms with Crippen molar-refractivity contribution in [2.45, 2.75) is 6.54 Å². The first kappa shape index (κ1) is 14.2. The van der Waals surface area contributed by atoms with Gasteiger partial charge in [0.15, 0.2) is 5.69 Å². The average molecular weight is 317 g/mol. The number of hydrogen-bond acceptors (Lipinski definition) is 3. The Kier molecular flexibility index (Phi) is 3.55. The minimum Gasteiger partial charge on any atom is -0.357 e. The van der Waals surface area contributed by atoms with Gasteiger partial charge in [0.1, 0.15) is 0 Å². The second-order valence-electron chi connectivity index (χ2n) is 5.42. The van der Waals surface area contributed by atoms with Gasteiger partial charge < -0.3 is 10.3 Å². The number of hydrogen-bond donors (Lipinski definition) is 2. The van der Waals surface area contributed by atoms with E-state index < -0.39 is 0 Å². The summed E-state index contributed by atoms with van der Waals surface area (Å²) in [6.07, 6.45) is 1.47. The molecule has 118 valence electrons. The Labute approximate surface area is 138 Å². The summed E-state index contributed by atoms with van der Waals surface area (Å²) in [4.78, 5) is 17.0. The standard InChI is InChI=1S/C18H15N5O/c24-18(17-12-20-23(22-17)15-7-2-1-3-8-15)19-11-14-10-13-6-4-5-9-16(13)21-14/h1-10,12,21H,11H2,(H,19,24). The van der Waals surface area contributed by atoms with Crippen LogP contribution in [0.1, 0.15) is 16.2 Å². The third-order valence-electron chi connectivity index (χ3n) is 3.74. The van der Waals surface area contributed by atoms with Crippen LogP contribution in [0, 0.1) is 0 Å². The zero-order valence-electron chi connectivity index (χ0n) is 12.8. The summed E-state index contributed by atoms with van der Waals surface area (Å²) in [6.45, 7) is 0.408. The number of H-pyrrole nitrogens is 1. The van der Waals surface area contributed by atoms with Crippen molar-refractivity contribution in [3.05, 3.63) is 78.2 Å². The molecular weight excluding hydrogens is 302 g/mol. The topological polar surface area (TPSA) is 75.6 Å². The molecule has 0 bridgehead atoms. The number of para-hydroxylation sites is 2. The Morgan fingerprint density at radius 2 is 1.88 bits per heavy atom. The maximum Gasteiger partial charge on any atom is 0.273 e. The van der Waals surface area contributed by atoms with Crippen molar-refractivity contribution in [2.75, 3.05) is 0 Å². The van der Waals surface area contributed by atoms with Crippen LogP contribution in [0.25, 0.3) is 16.6 Å². The summed E-state index contributed by atoms with van der Waals surface area (Å²) in [5.41, 5.74) is 3.10. The van der Waals surface area contributed by atoms with E-state index in [0.717, 1.165) is 22.3 Å². The van der Waals surface area contributed by atoms with E-state index in [1.54, 1.807) is 0 Å².